The second-order valence-corrected chi connectivity index (χ2v) is 10.1. The van der Waals surface area contributed by atoms with Gasteiger partial charge in [-0.2, -0.15) is 0 Å². The third-order valence-electron chi connectivity index (χ3n) is 6.95. The molecule has 6 rings (SSSR count). The number of hydrogen-bond donors (Lipinski definition) is 1. The summed E-state index contributed by atoms with van der Waals surface area (Å²) in [5, 5.41) is 4.30. The molecule has 0 bridgehead atoms. The Hall–Kier alpha value is -3.67. The number of hydrogen-bond acceptors (Lipinski definition) is 2. The highest BCUT2D eigenvalue weighted by atomic mass is 35.5. The van der Waals surface area contributed by atoms with Crippen LogP contribution < -0.4 is 10.1 Å². The fraction of sp³-hybridized carbons (Fsp3) is 0.167. The molecule has 0 atom stereocenters. The fourth-order valence-corrected chi connectivity index (χ4v) is 5.60. The van der Waals surface area contributed by atoms with Gasteiger partial charge in [0.05, 0.1) is 12.8 Å². The van der Waals surface area contributed by atoms with Crippen molar-refractivity contribution in [3.8, 4) is 28.1 Å². The number of carbonyl (C=O) groups is 1. The maximum absolute atomic E-state index is 13.9. The summed E-state index contributed by atoms with van der Waals surface area (Å²) in [7, 11) is 1.67. The summed E-state index contributed by atoms with van der Waals surface area (Å²) < 4.78 is 9.77. The minimum absolute atomic E-state index is 0.188. The molecule has 1 aliphatic heterocycles. The second-order valence-electron chi connectivity index (χ2n) is 9.22. The number of nitrogens with zero attached hydrogens (tertiary/aromatic N) is 2. The number of aryl methyl sites for hydroxylation is 2. The summed E-state index contributed by atoms with van der Waals surface area (Å²) in [4.78, 5) is 13.9. The predicted molar refractivity (Wildman–Crippen MR) is 150 cm³/mol. The first-order chi connectivity index (χ1) is 18.0. The van der Waals surface area contributed by atoms with Crippen LogP contribution in [0, 0.1) is 0 Å². The molecule has 5 aromatic rings. The first-order valence-electron chi connectivity index (χ1n) is 12.3. The molecule has 0 saturated heterocycles. The van der Waals surface area contributed by atoms with Crippen molar-refractivity contribution in [1.29, 1.82) is 0 Å². The number of methoxy groups -OCH3 is 1. The number of nitrogens with one attached hydrogen (secondary N) is 1. The maximum Gasteiger partial charge on any atom is 0.273 e. The van der Waals surface area contributed by atoms with Gasteiger partial charge in [0.1, 0.15) is 17.1 Å². The van der Waals surface area contributed by atoms with Gasteiger partial charge in [-0.15, -0.1) is 0 Å². The molecular weight excluding hydrogens is 505 g/mol. The molecule has 0 radical (unpaired) electrons. The summed E-state index contributed by atoms with van der Waals surface area (Å²) in [6, 6.07) is 23.0. The van der Waals surface area contributed by atoms with E-state index in [0.29, 0.717) is 21.4 Å². The highest BCUT2D eigenvalue weighted by molar-refractivity contribution is 6.31. The summed E-state index contributed by atoms with van der Waals surface area (Å²) in [6.07, 6.45) is 5.07. The Morgan fingerprint density at radius 1 is 0.919 bits per heavy atom. The van der Waals surface area contributed by atoms with Crippen molar-refractivity contribution in [2.24, 2.45) is 0 Å². The molecule has 5 nitrogen and oxygen atoms in total. The molecule has 3 aromatic carbocycles. The zero-order chi connectivity index (χ0) is 25.5. The number of amides is 1. The molecule has 1 aliphatic rings. The smallest absolute Gasteiger partial charge is 0.273 e. The molecule has 0 saturated carbocycles. The number of halogens is 2. The summed E-state index contributed by atoms with van der Waals surface area (Å²) in [5.74, 6) is 0.623. The van der Waals surface area contributed by atoms with Gasteiger partial charge < -0.3 is 14.6 Å². The van der Waals surface area contributed by atoms with Crippen LogP contribution in [0.1, 0.15) is 28.9 Å². The highest BCUT2D eigenvalue weighted by Gasteiger charge is 2.29. The fourth-order valence-electron chi connectivity index (χ4n) is 5.29. The Balaban J connectivity index is 1.59. The molecular formula is C30H25Cl2N3O2. The quantitative estimate of drug-likeness (QED) is 0.251. The average molecular weight is 530 g/mol. The first kappa shape index (κ1) is 23.7. The Kier molecular flexibility index (Phi) is 6.19. The van der Waals surface area contributed by atoms with E-state index < -0.39 is 0 Å². The molecule has 3 heterocycles. The lowest BCUT2D eigenvalue weighted by atomic mass is 9.97. The van der Waals surface area contributed by atoms with Crippen molar-refractivity contribution in [3.63, 3.8) is 0 Å². The Morgan fingerprint density at radius 3 is 2.41 bits per heavy atom. The highest BCUT2D eigenvalue weighted by Crippen LogP contribution is 2.40. The number of benzene rings is 3. The van der Waals surface area contributed by atoms with Gasteiger partial charge in [0.25, 0.3) is 5.91 Å². The monoisotopic (exact) mass is 529 g/mol. The lowest BCUT2D eigenvalue weighted by Crippen LogP contribution is -2.15. The van der Waals surface area contributed by atoms with Gasteiger partial charge in [0.2, 0.25) is 0 Å². The van der Waals surface area contributed by atoms with Crippen LogP contribution in [0.4, 0.5) is 5.69 Å². The lowest BCUT2D eigenvalue weighted by molar-refractivity contribution is 0.102. The number of aromatic nitrogens is 2. The number of ether oxygens (including phenoxy) is 1. The molecule has 0 aliphatic carbocycles. The van der Waals surface area contributed by atoms with Crippen LogP contribution in [0.15, 0.2) is 79.0 Å². The van der Waals surface area contributed by atoms with E-state index in [0.717, 1.165) is 59.6 Å². The SMILES string of the molecule is COc1ccc(-c2cn3c(C(=O)Nc4cccc(Cl)c4)c(-c4ccc(Cl)cc4)c4c3n2CCCC4)cc1. The Bertz CT molecular complexity index is 1620. The average Bonchev–Trinajstić information content (AvgIpc) is 3.32. The van der Waals surface area contributed by atoms with E-state index in [1.54, 1.807) is 19.2 Å². The van der Waals surface area contributed by atoms with E-state index in [-0.39, 0.29) is 5.91 Å². The molecule has 0 spiro atoms. The van der Waals surface area contributed by atoms with E-state index in [2.05, 4.69) is 32.6 Å². The minimum Gasteiger partial charge on any atom is -0.497 e. The summed E-state index contributed by atoms with van der Waals surface area (Å²) in [5.41, 5.74) is 7.55. The van der Waals surface area contributed by atoms with Gasteiger partial charge >= 0.3 is 0 Å². The molecule has 1 amide bonds. The van der Waals surface area contributed by atoms with E-state index in [1.165, 1.54) is 5.56 Å². The molecule has 186 valence electrons. The van der Waals surface area contributed by atoms with E-state index in [4.69, 9.17) is 27.9 Å². The largest absolute Gasteiger partial charge is 0.497 e. The molecule has 7 heteroatoms. The molecule has 0 fully saturated rings. The number of rotatable bonds is 5. The van der Waals surface area contributed by atoms with Gasteiger partial charge in [-0.25, -0.2) is 0 Å². The van der Waals surface area contributed by atoms with Crippen LogP contribution in [0.5, 0.6) is 5.75 Å². The molecule has 37 heavy (non-hydrogen) atoms. The van der Waals surface area contributed by atoms with Crippen molar-refractivity contribution in [3.05, 3.63) is 100 Å². The van der Waals surface area contributed by atoms with Gasteiger partial charge in [-0.3, -0.25) is 9.20 Å². The Morgan fingerprint density at radius 2 is 1.68 bits per heavy atom. The van der Waals surface area contributed by atoms with Crippen LogP contribution in [0.2, 0.25) is 10.0 Å². The van der Waals surface area contributed by atoms with E-state index >= 15 is 0 Å². The third kappa shape index (κ3) is 4.28. The van der Waals surface area contributed by atoms with Crippen LogP contribution in [-0.2, 0) is 13.0 Å². The first-order valence-corrected chi connectivity index (χ1v) is 13.0. The topological polar surface area (TPSA) is 47.7 Å². The van der Waals surface area contributed by atoms with Crippen LogP contribution in [-0.4, -0.2) is 22.0 Å². The number of carbonyl (C=O) groups excluding carboxylic acids is 1. The number of anilines is 1. The maximum atomic E-state index is 13.9. The predicted octanol–water partition coefficient (Wildman–Crippen LogP) is 7.98. The van der Waals surface area contributed by atoms with Crippen molar-refractivity contribution >= 4 is 40.4 Å². The third-order valence-corrected chi connectivity index (χ3v) is 7.44. The summed E-state index contributed by atoms with van der Waals surface area (Å²) in [6.45, 7) is 0.879. The standard InChI is InChI=1S/C30H25Cl2N3O2/c1-37-24-14-10-19(11-15-24)26-18-35-28(29(36)33-23-6-4-5-22(32)17-23)27(20-8-12-21(31)13-9-20)25-7-2-3-16-34(26)30(25)35/h4-6,8-15,17-18H,2-3,7,16H2,1H3,(H,33,36). The molecule has 2 aromatic heterocycles. The van der Waals surface area contributed by atoms with Gasteiger partial charge in [-0.1, -0.05) is 41.4 Å². The zero-order valence-corrected chi connectivity index (χ0v) is 21.8. The van der Waals surface area contributed by atoms with Crippen molar-refractivity contribution < 1.29 is 9.53 Å². The van der Waals surface area contributed by atoms with Crippen LogP contribution in [0.3, 0.4) is 0 Å². The second kappa shape index (κ2) is 9.66. The Labute approximate surface area is 225 Å². The number of imidazole rings is 1. The normalized spacial score (nSPS) is 12.9. The molecule has 0 unspecified atom stereocenters. The van der Waals surface area contributed by atoms with Gasteiger partial charge in [0.15, 0.2) is 0 Å². The summed E-state index contributed by atoms with van der Waals surface area (Å²) >= 11 is 12.4. The van der Waals surface area contributed by atoms with Gasteiger partial charge in [0, 0.05) is 39.6 Å². The lowest BCUT2D eigenvalue weighted by Gasteiger charge is -2.11. The van der Waals surface area contributed by atoms with Crippen molar-refractivity contribution in [2.75, 3.05) is 12.4 Å². The van der Waals surface area contributed by atoms with Crippen LogP contribution >= 0.6 is 23.2 Å². The van der Waals surface area contributed by atoms with Crippen LogP contribution in [0.25, 0.3) is 28.0 Å². The molecule has 1 N–H and O–H groups in total. The van der Waals surface area contributed by atoms with Crippen molar-refractivity contribution in [1.82, 2.24) is 8.97 Å². The minimum atomic E-state index is -0.188. The zero-order valence-electron chi connectivity index (χ0n) is 20.3. The van der Waals surface area contributed by atoms with E-state index in [9.17, 15) is 4.79 Å². The van der Waals surface area contributed by atoms with Gasteiger partial charge in [-0.05, 0) is 85.0 Å². The van der Waals surface area contributed by atoms with Crippen molar-refractivity contribution in [2.45, 2.75) is 25.8 Å². The van der Waals surface area contributed by atoms with E-state index in [1.807, 2.05) is 48.5 Å².